The highest BCUT2D eigenvalue weighted by Gasteiger charge is 2.24. The van der Waals surface area contributed by atoms with E-state index in [4.69, 9.17) is 14.7 Å². The van der Waals surface area contributed by atoms with Gasteiger partial charge in [-0.3, -0.25) is 14.9 Å². The highest BCUT2D eigenvalue weighted by Crippen LogP contribution is 2.34. The van der Waals surface area contributed by atoms with Crippen molar-refractivity contribution in [1.82, 2.24) is 5.32 Å². The summed E-state index contributed by atoms with van der Waals surface area (Å²) < 4.78 is 10.5. The van der Waals surface area contributed by atoms with Gasteiger partial charge in [0.15, 0.2) is 11.5 Å². The molecule has 0 unspecified atom stereocenters. The van der Waals surface area contributed by atoms with Gasteiger partial charge in [-0.1, -0.05) is 12.1 Å². The maximum absolute atomic E-state index is 12.4. The Morgan fingerprint density at radius 2 is 1.96 bits per heavy atom. The molecule has 1 amide bonds. The van der Waals surface area contributed by atoms with Crippen molar-refractivity contribution < 1.29 is 19.2 Å². The van der Waals surface area contributed by atoms with Crippen molar-refractivity contribution in [1.29, 1.82) is 5.26 Å². The molecule has 0 bridgehead atoms. The van der Waals surface area contributed by atoms with Gasteiger partial charge in [-0.2, -0.15) is 5.26 Å². The number of amides is 1. The van der Waals surface area contributed by atoms with Crippen LogP contribution in [0.1, 0.15) is 28.4 Å². The first-order valence-corrected chi connectivity index (χ1v) is 7.76. The van der Waals surface area contributed by atoms with Gasteiger partial charge in [0.25, 0.3) is 11.6 Å². The van der Waals surface area contributed by atoms with E-state index < -0.39 is 10.8 Å². The smallest absolute Gasteiger partial charge is 0.286 e. The predicted molar refractivity (Wildman–Crippen MR) is 93.1 cm³/mol. The SMILES string of the molecule is CCOc1cc([N+](=O)[O-])c(C(=O)NCc2ccc(C#N)cc2)cc1OC. The largest absolute Gasteiger partial charge is 0.493 e. The van der Waals surface area contributed by atoms with Crippen molar-refractivity contribution in [3.8, 4) is 17.6 Å². The van der Waals surface area contributed by atoms with Crippen molar-refractivity contribution in [2.24, 2.45) is 0 Å². The minimum Gasteiger partial charge on any atom is -0.493 e. The van der Waals surface area contributed by atoms with E-state index >= 15 is 0 Å². The highest BCUT2D eigenvalue weighted by molar-refractivity contribution is 5.99. The molecule has 0 fully saturated rings. The Morgan fingerprint density at radius 1 is 1.27 bits per heavy atom. The lowest BCUT2D eigenvalue weighted by Gasteiger charge is -2.12. The molecule has 0 saturated heterocycles. The van der Waals surface area contributed by atoms with Crippen molar-refractivity contribution in [3.05, 3.63) is 63.2 Å². The second-order valence-electron chi connectivity index (χ2n) is 5.20. The average Bonchev–Trinajstić information content (AvgIpc) is 2.66. The molecular weight excluding hydrogens is 338 g/mol. The number of nitro benzene ring substituents is 1. The summed E-state index contributed by atoms with van der Waals surface area (Å²) in [5, 5.41) is 22.7. The van der Waals surface area contributed by atoms with Crippen LogP contribution in [-0.4, -0.2) is 24.5 Å². The van der Waals surface area contributed by atoms with Crippen LogP contribution in [0.5, 0.6) is 11.5 Å². The number of nitro groups is 1. The van der Waals surface area contributed by atoms with E-state index in [1.54, 1.807) is 31.2 Å². The highest BCUT2D eigenvalue weighted by atomic mass is 16.6. The van der Waals surface area contributed by atoms with E-state index in [-0.39, 0.29) is 29.3 Å². The second kappa shape index (κ2) is 8.48. The maximum atomic E-state index is 12.4. The third-order valence-corrected chi connectivity index (χ3v) is 3.56. The number of methoxy groups -OCH3 is 1. The molecule has 0 heterocycles. The number of hydrogen-bond acceptors (Lipinski definition) is 6. The van der Waals surface area contributed by atoms with Crippen LogP contribution in [0.3, 0.4) is 0 Å². The van der Waals surface area contributed by atoms with Crippen LogP contribution >= 0.6 is 0 Å². The number of benzene rings is 2. The zero-order valence-electron chi connectivity index (χ0n) is 14.3. The first-order chi connectivity index (χ1) is 12.5. The van der Waals surface area contributed by atoms with Gasteiger partial charge in [0.05, 0.1) is 36.3 Å². The molecule has 134 valence electrons. The molecule has 2 aromatic rings. The summed E-state index contributed by atoms with van der Waals surface area (Å²) >= 11 is 0. The Balaban J connectivity index is 2.25. The summed E-state index contributed by atoms with van der Waals surface area (Å²) in [6, 6.07) is 11.1. The summed E-state index contributed by atoms with van der Waals surface area (Å²) in [5.41, 5.74) is 0.778. The number of hydrogen-bond donors (Lipinski definition) is 1. The number of carbonyl (C=O) groups is 1. The van der Waals surface area contributed by atoms with Crippen LogP contribution < -0.4 is 14.8 Å². The molecular formula is C18H17N3O5. The third-order valence-electron chi connectivity index (χ3n) is 3.56. The van der Waals surface area contributed by atoms with Crippen molar-refractivity contribution >= 4 is 11.6 Å². The lowest BCUT2D eigenvalue weighted by atomic mass is 10.1. The normalized spacial score (nSPS) is 9.88. The van der Waals surface area contributed by atoms with Crippen LogP contribution in [0, 0.1) is 21.4 Å². The van der Waals surface area contributed by atoms with Crippen LogP contribution in [0.15, 0.2) is 36.4 Å². The van der Waals surface area contributed by atoms with Crippen molar-refractivity contribution in [2.45, 2.75) is 13.5 Å². The summed E-state index contributed by atoms with van der Waals surface area (Å²) in [6.45, 7) is 2.21. The van der Waals surface area contributed by atoms with E-state index in [9.17, 15) is 14.9 Å². The van der Waals surface area contributed by atoms with Gasteiger partial charge >= 0.3 is 0 Å². The van der Waals surface area contributed by atoms with Gasteiger partial charge in [0.2, 0.25) is 0 Å². The molecule has 1 N–H and O–H groups in total. The molecule has 0 radical (unpaired) electrons. The first kappa shape index (κ1) is 18.7. The third kappa shape index (κ3) is 4.27. The van der Waals surface area contributed by atoms with Crippen molar-refractivity contribution in [3.63, 3.8) is 0 Å². The number of nitrogens with zero attached hydrogens (tertiary/aromatic N) is 2. The Labute approximate surface area is 150 Å². The van der Waals surface area contributed by atoms with Gasteiger partial charge in [0.1, 0.15) is 5.56 Å². The van der Waals surface area contributed by atoms with E-state index in [2.05, 4.69) is 5.32 Å². The molecule has 0 spiro atoms. The first-order valence-electron chi connectivity index (χ1n) is 7.76. The maximum Gasteiger partial charge on any atom is 0.286 e. The van der Waals surface area contributed by atoms with Crippen molar-refractivity contribution in [2.75, 3.05) is 13.7 Å². The summed E-state index contributed by atoms with van der Waals surface area (Å²) in [4.78, 5) is 23.1. The van der Waals surface area contributed by atoms with Crippen LogP contribution in [0.2, 0.25) is 0 Å². The molecule has 8 heteroatoms. The zero-order chi connectivity index (χ0) is 19.1. The topological polar surface area (TPSA) is 114 Å². The van der Waals surface area contributed by atoms with Gasteiger partial charge in [-0.05, 0) is 24.6 Å². The summed E-state index contributed by atoms with van der Waals surface area (Å²) in [7, 11) is 1.39. The monoisotopic (exact) mass is 355 g/mol. The van der Waals surface area contributed by atoms with Gasteiger partial charge in [-0.25, -0.2) is 0 Å². The molecule has 0 saturated carbocycles. The van der Waals surface area contributed by atoms with Gasteiger partial charge in [0, 0.05) is 12.6 Å². The minimum atomic E-state index is -0.640. The molecule has 0 aromatic heterocycles. The Kier molecular flexibility index (Phi) is 6.11. The van der Waals surface area contributed by atoms with Crippen LogP contribution in [0.25, 0.3) is 0 Å². The number of ether oxygens (including phenoxy) is 2. The Hall–Kier alpha value is -3.60. The van der Waals surface area contributed by atoms with Gasteiger partial charge < -0.3 is 14.8 Å². The molecule has 0 aliphatic heterocycles. The molecule has 0 aliphatic carbocycles. The number of nitriles is 1. The lowest BCUT2D eigenvalue weighted by Crippen LogP contribution is -2.23. The molecule has 0 aliphatic rings. The molecule has 8 nitrogen and oxygen atoms in total. The number of rotatable bonds is 7. The summed E-state index contributed by atoms with van der Waals surface area (Å²) in [5.74, 6) is -0.172. The second-order valence-corrected chi connectivity index (χ2v) is 5.20. The van der Waals surface area contributed by atoms with E-state index in [1.165, 1.54) is 19.2 Å². The van der Waals surface area contributed by atoms with E-state index in [1.807, 2.05) is 6.07 Å². The molecule has 0 atom stereocenters. The lowest BCUT2D eigenvalue weighted by molar-refractivity contribution is -0.385. The Morgan fingerprint density at radius 3 is 2.50 bits per heavy atom. The fourth-order valence-electron chi connectivity index (χ4n) is 2.28. The fourth-order valence-corrected chi connectivity index (χ4v) is 2.28. The predicted octanol–water partition coefficient (Wildman–Crippen LogP) is 2.80. The molecule has 26 heavy (non-hydrogen) atoms. The van der Waals surface area contributed by atoms with E-state index in [0.717, 1.165) is 5.56 Å². The van der Waals surface area contributed by atoms with Crippen LogP contribution in [0.4, 0.5) is 5.69 Å². The fraction of sp³-hybridized carbons (Fsp3) is 0.222. The standard InChI is InChI=1S/C18H17N3O5/c1-3-26-17-9-15(21(23)24)14(8-16(17)25-2)18(22)20-11-13-6-4-12(10-19)5-7-13/h4-9H,3,11H2,1-2H3,(H,20,22). The van der Waals surface area contributed by atoms with Gasteiger partial charge in [-0.15, -0.1) is 0 Å². The van der Waals surface area contributed by atoms with Crippen LogP contribution in [-0.2, 0) is 6.54 Å². The molecule has 2 rings (SSSR count). The zero-order valence-corrected chi connectivity index (χ0v) is 14.3. The quantitative estimate of drug-likeness (QED) is 0.603. The average molecular weight is 355 g/mol. The number of carbonyl (C=O) groups excluding carboxylic acids is 1. The summed E-state index contributed by atoms with van der Waals surface area (Å²) in [6.07, 6.45) is 0. The Bertz CT molecular complexity index is 856. The molecule has 2 aromatic carbocycles. The number of nitrogens with one attached hydrogen (secondary N) is 1. The minimum absolute atomic E-state index is 0.121. The van der Waals surface area contributed by atoms with E-state index in [0.29, 0.717) is 12.2 Å².